The average molecular weight is 279 g/mol. The molecular weight excluding hydrogens is 261 g/mol. The van der Waals surface area contributed by atoms with Crippen LogP contribution in [0.3, 0.4) is 0 Å². The second-order valence-electron chi connectivity index (χ2n) is 4.99. The predicted octanol–water partition coefficient (Wildman–Crippen LogP) is 3.40. The lowest BCUT2D eigenvalue weighted by Gasteiger charge is -2.04. The van der Waals surface area contributed by atoms with E-state index in [1.54, 1.807) is 30.4 Å². The minimum Gasteiger partial charge on any atom is -0.310 e. The second kappa shape index (κ2) is 6.21. The molecule has 0 aliphatic carbocycles. The van der Waals surface area contributed by atoms with Gasteiger partial charge in [0.25, 0.3) is 0 Å². The molecule has 2 rings (SSSR count). The van der Waals surface area contributed by atoms with Crippen molar-refractivity contribution < 1.29 is 4.39 Å². The van der Waals surface area contributed by atoms with E-state index in [9.17, 15) is 4.39 Å². The summed E-state index contributed by atoms with van der Waals surface area (Å²) in [5, 5.41) is 13.4. The van der Waals surface area contributed by atoms with Crippen LogP contribution in [-0.4, -0.2) is 16.7 Å². The Kier molecular flexibility index (Phi) is 4.61. The molecule has 3 nitrogen and oxygen atoms in total. The molecule has 1 heterocycles. The van der Waals surface area contributed by atoms with Gasteiger partial charge in [0.15, 0.2) is 0 Å². The second-order valence-corrected chi connectivity index (χ2v) is 6.05. The van der Waals surface area contributed by atoms with Gasteiger partial charge in [-0.2, -0.15) is 0 Å². The molecule has 1 aromatic carbocycles. The maximum Gasteiger partial charge on any atom is 0.147 e. The number of hydrogen-bond donors (Lipinski definition) is 1. The van der Waals surface area contributed by atoms with E-state index in [0.717, 1.165) is 28.7 Å². The standard InChI is InChI=1S/C14H18FN3S/c1-9(2)7-16-8-13-17-18-14(19-13)11-4-5-12(15)10(3)6-11/h4-6,9,16H,7-8H2,1-3H3. The number of halogens is 1. The first-order valence-electron chi connectivity index (χ1n) is 6.36. The third-order valence-corrected chi connectivity index (χ3v) is 3.67. The summed E-state index contributed by atoms with van der Waals surface area (Å²) in [5.74, 6) is 0.430. The van der Waals surface area contributed by atoms with Crippen LogP contribution in [0.4, 0.5) is 4.39 Å². The van der Waals surface area contributed by atoms with Crippen molar-refractivity contribution in [1.29, 1.82) is 0 Å². The van der Waals surface area contributed by atoms with E-state index < -0.39 is 0 Å². The molecule has 0 bridgehead atoms. The number of hydrogen-bond acceptors (Lipinski definition) is 4. The minimum absolute atomic E-state index is 0.188. The summed E-state index contributed by atoms with van der Waals surface area (Å²) >= 11 is 1.55. The largest absolute Gasteiger partial charge is 0.310 e. The number of aromatic nitrogens is 2. The van der Waals surface area contributed by atoms with Crippen molar-refractivity contribution in [2.75, 3.05) is 6.54 Å². The van der Waals surface area contributed by atoms with Gasteiger partial charge in [0.05, 0.1) is 0 Å². The monoisotopic (exact) mass is 279 g/mol. The van der Waals surface area contributed by atoms with Gasteiger partial charge in [0.2, 0.25) is 0 Å². The van der Waals surface area contributed by atoms with Crippen LogP contribution in [0.2, 0.25) is 0 Å². The van der Waals surface area contributed by atoms with Crippen LogP contribution < -0.4 is 5.32 Å². The van der Waals surface area contributed by atoms with Crippen LogP contribution in [0.15, 0.2) is 18.2 Å². The highest BCUT2D eigenvalue weighted by molar-refractivity contribution is 7.14. The van der Waals surface area contributed by atoms with Gasteiger partial charge in [-0.3, -0.25) is 0 Å². The first-order valence-corrected chi connectivity index (χ1v) is 7.17. The molecule has 5 heteroatoms. The highest BCUT2D eigenvalue weighted by Gasteiger charge is 2.08. The summed E-state index contributed by atoms with van der Waals surface area (Å²) in [6.07, 6.45) is 0. The molecule has 0 radical (unpaired) electrons. The highest BCUT2D eigenvalue weighted by Crippen LogP contribution is 2.25. The van der Waals surface area contributed by atoms with E-state index >= 15 is 0 Å². The quantitative estimate of drug-likeness (QED) is 0.911. The van der Waals surface area contributed by atoms with E-state index in [0.29, 0.717) is 11.5 Å². The first kappa shape index (κ1) is 14.1. The molecule has 1 N–H and O–H groups in total. The number of aryl methyl sites for hydroxylation is 1. The van der Waals surface area contributed by atoms with Gasteiger partial charge >= 0.3 is 0 Å². The number of nitrogens with zero attached hydrogens (tertiary/aromatic N) is 2. The van der Waals surface area contributed by atoms with Crippen LogP contribution in [-0.2, 0) is 6.54 Å². The normalized spacial score (nSPS) is 11.2. The molecule has 2 aromatic rings. The fourth-order valence-corrected chi connectivity index (χ4v) is 2.49. The van der Waals surface area contributed by atoms with Crippen molar-refractivity contribution in [3.63, 3.8) is 0 Å². The minimum atomic E-state index is -0.188. The van der Waals surface area contributed by atoms with Crippen molar-refractivity contribution in [2.24, 2.45) is 5.92 Å². The SMILES string of the molecule is Cc1cc(-c2nnc(CNCC(C)C)s2)ccc1F. The molecule has 0 amide bonds. The summed E-state index contributed by atoms with van der Waals surface area (Å²) in [4.78, 5) is 0. The summed E-state index contributed by atoms with van der Waals surface area (Å²) in [6, 6.07) is 5.03. The van der Waals surface area contributed by atoms with Gasteiger partial charge in [-0.15, -0.1) is 10.2 Å². The maximum absolute atomic E-state index is 13.2. The molecule has 0 aliphatic heterocycles. The molecule has 1 aromatic heterocycles. The van der Waals surface area contributed by atoms with Crippen molar-refractivity contribution in [3.05, 3.63) is 34.6 Å². The Hall–Kier alpha value is -1.33. The van der Waals surface area contributed by atoms with Gasteiger partial charge in [-0.25, -0.2) is 4.39 Å². The van der Waals surface area contributed by atoms with Gasteiger partial charge < -0.3 is 5.32 Å². The third-order valence-electron chi connectivity index (χ3n) is 2.70. The van der Waals surface area contributed by atoms with Crippen LogP contribution >= 0.6 is 11.3 Å². The zero-order valence-electron chi connectivity index (χ0n) is 11.4. The fraction of sp³-hybridized carbons (Fsp3) is 0.429. The molecule has 0 spiro atoms. The molecule has 19 heavy (non-hydrogen) atoms. The fourth-order valence-electron chi connectivity index (χ4n) is 1.69. The van der Waals surface area contributed by atoms with E-state index in [4.69, 9.17) is 0 Å². The molecule has 0 atom stereocenters. The van der Waals surface area contributed by atoms with Crippen molar-refractivity contribution in [3.8, 4) is 10.6 Å². The molecule has 0 saturated carbocycles. The van der Waals surface area contributed by atoms with E-state index in [1.807, 2.05) is 0 Å². The number of rotatable bonds is 5. The van der Waals surface area contributed by atoms with E-state index in [1.165, 1.54) is 6.07 Å². The molecular formula is C14H18FN3S. The van der Waals surface area contributed by atoms with Crippen molar-refractivity contribution in [2.45, 2.75) is 27.3 Å². The lowest BCUT2D eigenvalue weighted by atomic mass is 10.1. The molecule has 0 fully saturated rings. The number of benzene rings is 1. The maximum atomic E-state index is 13.2. The molecule has 0 aliphatic rings. The molecule has 0 saturated heterocycles. The van der Waals surface area contributed by atoms with E-state index in [-0.39, 0.29) is 5.82 Å². The van der Waals surface area contributed by atoms with Gasteiger partial charge in [-0.05, 0) is 43.1 Å². The first-order chi connectivity index (χ1) is 9.06. The Morgan fingerprint density at radius 2 is 2.11 bits per heavy atom. The smallest absolute Gasteiger partial charge is 0.147 e. The summed E-state index contributed by atoms with van der Waals surface area (Å²) < 4.78 is 13.2. The lowest BCUT2D eigenvalue weighted by Crippen LogP contribution is -2.18. The summed E-state index contributed by atoms with van der Waals surface area (Å²) in [7, 11) is 0. The van der Waals surface area contributed by atoms with Crippen molar-refractivity contribution >= 4 is 11.3 Å². The Labute approximate surface area is 116 Å². The highest BCUT2D eigenvalue weighted by atomic mass is 32.1. The zero-order valence-corrected chi connectivity index (χ0v) is 12.2. The Morgan fingerprint density at radius 1 is 1.32 bits per heavy atom. The molecule has 0 unspecified atom stereocenters. The van der Waals surface area contributed by atoms with Crippen LogP contribution in [0.25, 0.3) is 10.6 Å². The van der Waals surface area contributed by atoms with Gasteiger partial charge in [0.1, 0.15) is 15.8 Å². The third kappa shape index (κ3) is 3.81. The van der Waals surface area contributed by atoms with Crippen LogP contribution in [0, 0.1) is 18.7 Å². The Morgan fingerprint density at radius 3 is 2.79 bits per heavy atom. The van der Waals surface area contributed by atoms with E-state index in [2.05, 4.69) is 29.4 Å². The van der Waals surface area contributed by atoms with Crippen molar-refractivity contribution in [1.82, 2.24) is 15.5 Å². The predicted molar refractivity (Wildman–Crippen MR) is 76.6 cm³/mol. The van der Waals surface area contributed by atoms with Gasteiger partial charge in [0, 0.05) is 12.1 Å². The van der Waals surface area contributed by atoms with Crippen LogP contribution in [0.1, 0.15) is 24.4 Å². The molecule has 102 valence electrons. The summed E-state index contributed by atoms with van der Waals surface area (Å²) in [6.45, 7) is 7.78. The average Bonchev–Trinajstić information content (AvgIpc) is 2.81. The topological polar surface area (TPSA) is 37.8 Å². The Balaban J connectivity index is 2.05. The van der Waals surface area contributed by atoms with Crippen LogP contribution in [0.5, 0.6) is 0 Å². The Bertz CT molecular complexity index is 551. The summed E-state index contributed by atoms with van der Waals surface area (Å²) in [5.41, 5.74) is 1.55. The lowest BCUT2D eigenvalue weighted by molar-refractivity contribution is 0.550. The zero-order chi connectivity index (χ0) is 13.8. The number of nitrogens with one attached hydrogen (secondary N) is 1. The van der Waals surface area contributed by atoms with Gasteiger partial charge in [-0.1, -0.05) is 25.2 Å².